The minimum Gasteiger partial charge on any atom is -0.356 e. The van der Waals surface area contributed by atoms with Crippen LogP contribution in [-0.4, -0.2) is 27.3 Å². The van der Waals surface area contributed by atoms with Crippen LogP contribution in [0.5, 0.6) is 0 Å². The normalized spacial score (nSPS) is 16.2. The Kier molecular flexibility index (Phi) is 4.14. The summed E-state index contributed by atoms with van der Waals surface area (Å²) in [5.41, 5.74) is 5.09. The maximum atomic E-state index is 13.3. The first-order valence-corrected chi connectivity index (χ1v) is 9.66. The van der Waals surface area contributed by atoms with Gasteiger partial charge in [-0.25, -0.2) is 0 Å². The number of pyridine rings is 1. The van der Waals surface area contributed by atoms with Gasteiger partial charge < -0.3 is 9.88 Å². The first kappa shape index (κ1) is 17.0. The van der Waals surface area contributed by atoms with E-state index >= 15 is 0 Å². The van der Waals surface area contributed by atoms with Crippen molar-refractivity contribution in [2.45, 2.75) is 12.5 Å². The maximum absolute atomic E-state index is 13.3. The van der Waals surface area contributed by atoms with Crippen LogP contribution in [0.25, 0.3) is 10.9 Å². The largest absolute Gasteiger partial charge is 0.356 e. The highest BCUT2D eigenvalue weighted by molar-refractivity contribution is 6.30. The fraction of sp³-hybridized carbons (Fsp3) is 0.130. The van der Waals surface area contributed by atoms with Crippen molar-refractivity contribution < 1.29 is 4.79 Å². The van der Waals surface area contributed by atoms with Gasteiger partial charge in [-0.05, 0) is 47.9 Å². The van der Waals surface area contributed by atoms with E-state index in [0.717, 1.165) is 23.2 Å². The van der Waals surface area contributed by atoms with E-state index in [1.165, 1.54) is 10.9 Å². The molecule has 1 aliphatic rings. The van der Waals surface area contributed by atoms with Crippen LogP contribution in [0.1, 0.15) is 33.2 Å². The van der Waals surface area contributed by atoms with Crippen LogP contribution >= 0.6 is 11.6 Å². The summed E-state index contributed by atoms with van der Waals surface area (Å²) in [6, 6.07) is 19.5. The van der Waals surface area contributed by atoms with E-state index in [-0.39, 0.29) is 11.9 Å². The molecule has 0 saturated heterocycles. The van der Waals surface area contributed by atoms with Gasteiger partial charge in [-0.3, -0.25) is 9.78 Å². The molecule has 0 fully saturated rings. The van der Waals surface area contributed by atoms with E-state index in [1.54, 1.807) is 18.5 Å². The number of carbonyl (C=O) groups is 1. The quantitative estimate of drug-likeness (QED) is 0.526. The summed E-state index contributed by atoms with van der Waals surface area (Å²) in [5.74, 6) is -0.0163. The highest BCUT2D eigenvalue weighted by atomic mass is 35.5. The molecule has 0 unspecified atom stereocenters. The van der Waals surface area contributed by atoms with Crippen molar-refractivity contribution in [3.63, 3.8) is 0 Å². The van der Waals surface area contributed by atoms with E-state index in [1.807, 2.05) is 41.3 Å². The molecular formula is C23H18ClN3O. The van der Waals surface area contributed by atoms with Gasteiger partial charge in [0.2, 0.25) is 0 Å². The summed E-state index contributed by atoms with van der Waals surface area (Å²) in [4.78, 5) is 22.9. The highest BCUT2D eigenvalue weighted by Crippen LogP contribution is 2.39. The Bertz CT molecular complexity index is 1150. The minimum atomic E-state index is -0.193. The number of halogens is 1. The zero-order chi connectivity index (χ0) is 19.1. The van der Waals surface area contributed by atoms with Crippen molar-refractivity contribution in [2.75, 3.05) is 6.54 Å². The predicted octanol–water partition coefficient (Wildman–Crippen LogP) is 5.00. The Morgan fingerprint density at radius 1 is 1.07 bits per heavy atom. The van der Waals surface area contributed by atoms with E-state index in [9.17, 15) is 4.79 Å². The van der Waals surface area contributed by atoms with Gasteiger partial charge in [0.25, 0.3) is 5.91 Å². The number of hydrogen-bond acceptors (Lipinski definition) is 2. The Balaban J connectivity index is 1.67. The summed E-state index contributed by atoms with van der Waals surface area (Å²) in [6.45, 7) is 0.649. The Morgan fingerprint density at radius 2 is 1.89 bits per heavy atom. The lowest BCUT2D eigenvalue weighted by molar-refractivity contribution is 0.0691. The smallest absolute Gasteiger partial charge is 0.256 e. The number of carbonyl (C=O) groups excluding carboxylic acids is 1. The lowest BCUT2D eigenvalue weighted by Crippen LogP contribution is -2.40. The maximum Gasteiger partial charge on any atom is 0.256 e. The number of fused-ring (bicyclic) bond motifs is 3. The highest BCUT2D eigenvalue weighted by Gasteiger charge is 2.34. The summed E-state index contributed by atoms with van der Waals surface area (Å²) in [6.07, 6.45) is 4.12. The number of amides is 1. The summed E-state index contributed by atoms with van der Waals surface area (Å²) in [5, 5.41) is 1.91. The molecule has 1 aliphatic heterocycles. The summed E-state index contributed by atoms with van der Waals surface area (Å²) < 4.78 is 0. The molecule has 0 aliphatic carbocycles. The zero-order valence-electron chi connectivity index (χ0n) is 15.1. The molecule has 2 aromatic heterocycles. The van der Waals surface area contributed by atoms with Gasteiger partial charge in [0, 0.05) is 40.6 Å². The van der Waals surface area contributed by atoms with Gasteiger partial charge in [-0.2, -0.15) is 0 Å². The van der Waals surface area contributed by atoms with Gasteiger partial charge in [0.1, 0.15) is 0 Å². The number of H-pyrrole nitrogens is 1. The van der Waals surface area contributed by atoms with Crippen LogP contribution < -0.4 is 0 Å². The number of hydrogen-bond donors (Lipinski definition) is 1. The van der Waals surface area contributed by atoms with Gasteiger partial charge in [0.15, 0.2) is 0 Å². The van der Waals surface area contributed by atoms with Gasteiger partial charge in [-0.15, -0.1) is 0 Å². The molecule has 4 aromatic rings. The number of para-hydroxylation sites is 1. The molecule has 0 spiro atoms. The second-order valence-electron chi connectivity index (χ2n) is 7.01. The van der Waals surface area contributed by atoms with E-state index in [0.29, 0.717) is 17.1 Å². The molecule has 4 nitrogen and oxygen atoms in total. The summed E-state index contributed by atoms with van der Waals surface area (Å²) in [7, 11) is 0. The van der Waals surface area contributed by atoms with Crippen LogP contribution in [0.3, 0.4) is 0 Å². The molecule has 0 saturated carbocycles. The molecule has 0 bridgehead atoms. The zero-order valence-corrected chi connectivity index (χ0v) is 15.9. The number of aromatic nitrogens is 2. The first-order valence-electron chi connectivity index (χ1n) is 9.28. The fourth-order valence-electron chi connectivity index (χ4n) is 4.11. The van der Waals surface area contributed by atoms with Gasteiger partial charge in [-0.1, -0.05) is 41.9 Å². The second-order valence-corrected chi connectivity index (χ2v) is 7.44. The Morgan fingerprint density at radius 3 is 2.68 bits per heavy atom. The average Bonchev–Trinajstić information content (AvgIpc) is 3.13. The molecule has 3 heterocycles. The van der Waals surface area contributed by atoms with Crippen molar-refractivity contribution in [1.82, 2.24) is 14.9 Å². The molecular weight excluding hydrogens is 370 g/mol. The van der Waals surface area contributed by atoms with Crippen LogP contribution in [-0.2, 0) is 6.42 Å². The number of nitrogens with one attached hydrogen (secondary N) is 1. The predicted molar refractivity (Wildman–Crippen MR) is 111 cm³/mol. The second kappa shape index (κ2) is 6.80. The number of nitrogens with zero attached hydrogens (tertiary/aromatic N) is 2. The third kappa shape index (κ3) is 2.77. The molecule has 1 amide bonds. The van der Waals surface area contributed by atoms with Crippen molar-refractivity contribution in [1.29, 1.82) is 0 Å². The number of rotatable bonds is 2. The molecule has 1 atom stereocenters. The molecule has 2 aromatic carbocycles. The van der Waals surface area contributed by atoms with Crippen molar-refractivity contribution in [3.05, 3.63) is 100 Å². The van der Waals surface area contributed by atoms with Crippen LogP contribution in [0, 0.1) is 0 Å². The third-order valence-electron chi connectivity index (χ3n) is 5.39. The standard InChI is InChI=1S/C23H18ClN3O/c24-17-9-7-15(8-10-17)22-21-19(18-5-1-2-6-20(18)26-21)11-13-27(22)23(28)16-4-3-12-25-14-16/h1-10,12,14,22,26H,11,13H2/t22-/m0/s1. The fourth-order valence-corrected chi connectivity index (χ4v) is 4.23. The molecule has 1 N–H and O–H groups in total. The van der Waals surface area contributed by atoms with Crippen molar-refractivity contribution in [3.8, 4) is 0 Å². The van der Waals surface area contributed by atoms with E-state index in [2.05, 4.69) is 28.2 Å². The SMILES string of the molecule is O=C(c1cccnc1)N1CCc2c([nH]c3ccccc23)[C@@H]1c1ccc(Cl)cc1. The van der Waals surface area contributed by atoms with Crippen molar-refractivity contribution >= 4 is 28.4 Å². The number of aromatic amines is 1. The van der Waals surface area contributed by atoms with Gasteiger partial charge in [0.05, 0.1) is 11.6 Å². The van der Waals surface area contributed by atoms with Crippen molar-refractivity contribution in [2.24, 2.45) is 0 Å². The Hall–Kier alpha value is -3.11. The lowest BCUT2D eigenvalue weighted by atomic mass is 9.92. The molecule has 5 rings (SSSR count). The molecule has 0 radical (unpaired) electrons. The lowest BCUT2D eigenvalue weighted by Gasteiger charge is -2.36. The van der Waals surface area contributed by atoms with E-state index < -0.39 is 0 Å². The van der Waals surface area contributed by atoms with Crippen LogP contribution in [0.15, 0.2) is 73.1 Å². The molecule has 138 valence electrons. The van der Waals surface area contributed by atoms with Crippen LogP contribution in [0.2, 0.25) is 5.02 Å². The Labute approximate surface area is 167 Å². The topological polar surface area (TPSA) is 49.0 Å². The van der Waals surface area contributed by atoms with E-state index in [4.69, 9.17) is 11.6 Å². The third-order valence-corrected chi connectivity index (χ3v) is 5.64. The van der Waals surface area contributed by atoms with Gasteiger partial charge >= 0.3 is 0 Å². The average molecular weight is 388 g/mol. The molecule has 28 heavy (non-hydrogen) atoms. The monoisotopic (exact) mass is 387 g/mol. The first-order chi connectivity index (χ1) is 13.7. The number of benzene rings is 2. The van der Waals surface area contributed by atoms with Crippen LogP contribution in [0.4, 0.5) is 0 Å². The summed E-state index contributed by atoms with van der Waals surface area (Å²) >= 11 is 6.11. The molecule has 5 heteroatoms. The minimum absolute atomic E-state index is 0.0163.